The first-order valence-electron chi connectivity index (χ1n) is 7.13. The van der Waals surface area contributed by atoms with Gasteiger partial charge < -0.3 is 10.7 Å². The van der Waals surface area contributed by atoms with Crippen LogP contribution in [0.1, 0.15) is 0 Å². The molecule has 0 unspecified atom stereocenters. The Hall–Kier alpha value is -2.99. The number of nitrogen functional groups attached to an aromatic ring is 1. The van der Waals surface area contributed by atoms with Crippen LogP contribution >= 0.6 is 12.2 Å². The van der Waals surface area contributed by atoms with Gasteiger partial charge in [0, 0.05) is 0 Å². The molecule has 3 N–H and O–H groups in total. The Labute approximate surface area is 137 Å². The van der Waals surface area contributed by atoms with Crippen LogP contribution < -0.4 is 5.73 Å². The lowest BCUT2D eigenvalue weighted by molar-refractivity contribution is 0.899. The number of aromatic nitrogens is 4. The number of anilines is 1. The average molecular weight is 319 g/mol. The van der Waals surface area contributed by atoms with Gasteiger partial charge in [-0.05, 0) is 29.9 Å². The van der Waals surface area contributed by atoms with Gasteiger partial charge in [0.2, 0.25) is 0 Å². The molecule has 0 saturated heterocycles. The van der Waals surface area contributed by atoms with Crippen molar-refractivity contribution in [3.05, 3.63) is 65.4 Å². The van der Waals surface area contributed by atoms with Crippen molar-refractivity contribution >= 4 is 29.1 Å². The summed E-state index contributed by atoms with van der Waals surface area (Å²) in [5.41, 5.74) is 9.54. The molecule has 0 spiro atoms. The van der Waals surface area contributed by atoms with Gasteiger partial charge >= 0.3 is 0 Å². The van der Waals surface area contributed by atoms with Crippen LogP contribution in [0.5, 0.6) is 0 Å². The predicted molar refractivity (Wildman–Crippen MR) is 93.9 cm³/mol. The monoisotopic (exact) mass is 319 g/mol. The fraction of sp³-hybridized carbons (Fsp3) is 0. The molecule has 23 heavy (non-hydrogen) atoms. The number of nitrogens with one attached hydrogen (secondary N) is 1. The van der Waals surface area contributed by atoms with Crippen LogP contribution in [0.4, 0.5) is 5.82 Å². The molecule has 0 fully saturated rings. The number of fused-ring (bicyclic) bond motifs is 1. The lowest BCUT2D eigenvalue weighted by atomic mass is 10.1. The SMILES string of the molecule is Nc1nn(-c2ccccc2)c2nc(=S)[nH]c(-c3ccccc3)c12. The van der Waals surface area contributed by atoms with E-state index in [-0.39, 0.29) is 0 Å². The standard InChI is InChI=1S/C17H13N5S/c18-15-13-14(11-7-3-1-4-8-11)19-17(23)20-16(13)22(21-15)12-9-5-2-6-10-12/h1-10H,(H2,18,21)(H,19,20,23). The van der Waals surface area contributed by atoms with E-state index in [0.717, 1.165) is 22.3 Å². The first kappa shape index (κ1) is 13.7. The Bertz CT molecular complexity index is 1040. The number of para-hydroxylation sites is 1. The molecule has 0 bridgehead atoms. The average Bonchev–Trinajstić information content (AvgIpc) is 2.92. The molecule has 6 heteroatoms. The van der Waals surface area contributed by atoms with Crippen LogP contribution in [-0.2, 0) is 0 Å². The van der Waals surface area contributed by atoms with E-state index in [2.05, 4.69) is 15.1 Å². The molecule has 4 aromatic rings. The number of H-pyrrole nitrogens is 1. The van der Waals surface area contributed by atoms with Crippen LogP contribution in [0.2, 0.25) is 0 Å². The molecule has 112 valence electrons. The maximum atomic E-state index is 6.18. The molecule has 2 aromatic heterocycles. The van der Waals surface area contributed by atoms with Crippen LogP contribution in [0.15, 0.2) is 60.7 Å². The Kier molecular flexibility index (Phi) is 3.17. The molecule has 5 nitrogen and oxygen atoms in total. The first-order chi connectivity index (χ1) is 11.2. The van der Waals surface area contributed by atoms with Gasteiger partial charge in [0.15, 0.2) is 16.2 Å². The molecule has 0 saturated carbocycles. The first-order valence-corrected chi connectivity index (χ1v) is 7.54. The van der Waals surface area contributed by atoms with Crippen molar-refractivity contribution in [2.45, 2.75) is 0 Å². The van der Waals surface area contributed by atoms with Gasteiger partial charge in [-0.15, -0.1) is 5.10 Å². The number of benzene rings is 2. The highest BCUT2D eigenvalue weighted by molar-refractivity contribution is 7.71. The number of hydrogen-bond donors (Lipinski definition) is 2. The zero-order valence-corrected chi connectivity index (χ0v) is 12.9. The van der Waals surface area contributed by atoms with Crippen LogP contribution in [0.3, 0.4) is 0 Å². The van der Waals surface area contributed by atoms with E-state index in [1.165, 1.54) is 0 Å². The van der Waals surface area contributed by atoms with Gasteiger partial charge in [-0.3, -0.25) is 0 Å². The number of nitrogens with zero attached hydrogens (tertiary/aromatic N) is 3. The van der Waals surface area contributed by atoms with Gasteiger partial charge in [-0.1, -0.05) is 48.5 Å². The van der Waals surface area contributed by atoms with Crippen molar-refractivity contribution in [2.24, 2.45) is 0 Å². The lowest BCUT2D eigenvalue weighted by Gasteiger charge is -2.05. The van der Waals surface area contributed by atoms with E-state index in [1.807, 2.05) is 60.7 Å². The molecule has 2 heterocycles. The Morgan fingerprint density at radius 3 is 2.30 bits per heavy atom. The van der Waals surface area contributed by atoms with Crippen molar-refractivity contribution in [2.75, 3.05) is 5.73 Å². The highest BCUT2D eigenvalue weighted by Gasteiger charge is 2.16. The fourth-order valence-electron chi connectivity index (χ4n) is 2.63. The minimum atomic E-state index is 0.397. The third-order valence-corrected chi connectivity index (χ3v) is 3.83. The summed E-state index contributed by atoms with van der Waals surface area (Å²) < 4.78 is 2.12. The maximum Gasteiger partial charge on any atom is 0.199 e. The molecule has 0 aliphatic heterocycles. The summed E-state index contributed by atoms with van der Waals surface area (Å²) in [6.45, 7) is 0. The number of nitrogens with two attached hydrogens (primary N) is 1. The van der Waals surface area contributed by atoms with E-state index < -0.39 is 0 Å². The maximum absolute atomic E-state index is 6.18. The number of aromatic amines is 1. The Morgan fingerprint density at radius 1 is 0.957 bits per heavy atom. The molecular weight excluding hydrogens is 306 g/mol. The summed E-state index contributed by atoms with van der Waals surface area (Å²) in [5, 5.41) is 5.22. The Morgan fingerprint density at radius 2 is 1.61 bits per heavy atom. The fourth-order valence-corrected chi connectivity index (χ4v) is 2.82. The van der Waals surface area contributed by atoms with E-state index in [4.69, 9.17) is 18.0 Å². The third kappa shape index (κ3) is 2.29. The second-order valence-corrected chi connectivity index (χ2v) is 5.50. The van der Waals surface area contributed by atoms with Gasteiger partial charge in [0.25, 0.3) is 0 Å². The molecule has 2 aromatic carbocycles. The van der Waals surface area contributed by atoms with Crippen molar-refractivity contribution in [3.63, 3.8) is 0 Å². The summed E-state index contributed by atoms with van der Waals surface area (Å²) in [5.74, 6) is 0.418. The molecule has 0 atom stereocenters. The second kappa shape index (κ2) is 5.33. The van der Waals surface area contributed by atoms with E-state index >= 15 is 0 Å². The Balaban J connectivity index is 2.08. The lowest BCUT2D eigenvalue weighted by Crippen LogP contribution is -1.98. The highest BCUT2D eigenvalue weighted by Crippen LogP contribution is 2.30. The third-order valence-electron chi connectivity index (χ3n) is 3.64. The normalized spacial score (nSPS) is 11.0. The van der Waals surface area contributed by atoms with Crippen molar-refractivity contribution in [1.82, 2.24) is 19.7 Å². The van der Waals surface area contributed by atoms with Gasteiger partial charge in [0.05, 0.1) is 16.8 Å². The molecule has 0 aliphatic rings. The quantitative estimate of drug-likeness (QED) is 0.552. The zero-order valence-electron chi connectivity index (χ0n) is 12.1. The highest BCUT2D eigenvalue weighted by atomic mass is 32.1. The number of rotatable bonds is 2. The number of hydrogen-bond acceptors (Lipinski definition) is 4. The summed E-state index contributed by atoms with van der Waals surface area (Å²) in [6.07, 6.45) is 0. The van der Waals surface area contributed by atoms with Gasteiger partial charge in [0.1, 0.15) is 0 Å². The summed E-state index contributed by atoms with van der Waals surface area (Å²) >= 11 is 5.30. The van der Waals surface area contributed by atoms with Crippen molar-refractivity contribution < 1.29 is 0 Å². The van der Waals surface area contributed by atoms with Gasteiger partial charge in [-0.2, -0.15) is 4.98 Å². The van der Waals surface area contributed by atoms with Gasteiger partial charge in [-0.25, -0.2) is 4.68 Å². The van der Waals surface area contributed by atoms with E-state index in [9.17, 15) is 0 Å². The van der Waals surface area contributed by atoms with E-state index in [1.54, 1.807) is 4.68 Å². The summed E-state index contributed by atoms with van der Waals surface area (Å²) in [4.78, 5) is 7.58. The minimum Gasteiger partial charge on any atom is -0.382 e. The van der Waals surface area contributed by atoms with Crippen LogP contribution in [-0.4, -0.2) is 19.7 Å². The molecular formula is C17H13N5S. The molecule has 0 aliphatic carbocycles. The van der Waals surface area contributed by atoms with Crippen molar-refractivity contribution in [1.29, 1.82) is 0 Å². The molecule has 0 radical (unpaired) electrons. The minimum absolute atomic E-state index is 0.397. The van der Waals surface area contributed by atoms with E-state index in [0.29, 0.717) is 16.2 Å². The largest absolute Gasteiger partial charge is 0.382 e. The zero-order chi connectivity index (χ0) is 15.8. The van der Waals surface area contributed by atoms with Crippen molar-refractivity contribution in [3.8, 4) is 16.9 Å². The second-order valence-electron chi connectivity index (χ2n) is 5.11. The summed E-state index contributed by atoms with van der Waals surface area (Å²) in [6, 6.07) is 19.7. The molecule has 0 amide bonds. The smallest absolute Gasteiger partial charge is 0.199 e. The van der Waals surface area contributed by atoms with Crippen LogP contribution in [0, 0.1) is 4.77 Å². The predicted octanol–water partition coefficient (Wildman–Crippen LogP) is 3.73. The summed E-state index contributed by atoms with van der Waals surface area (Å²) in [7, 11) is 0. The van der Waals surface area contributed by atoms with Crippen LogP contribution in [0.25, 0.3) is 28.0 Å². The topological polar surface area (TPSA) is 72.5 Å². The molecule has 4 rings (SSSR count).